The van der Waals surface area contributed by atoms with Crippen molar-refractivity contribution in [2.75, 3.05) is 5.73 Å². The maximum absolute atomic E-state index is 5.63. The van der Waals surface area contributed by atoms with Crippen LogP contribution in [0.5, 0.6) is 11.6 Å². The zero-order valence-electron chi connectivity index (χ0n) is 9.05. The van der Waals surface area contributed by atoms with Gasteiger partial charge >= 0.3 is 0 Å². The summed E-state index contributed by atoms with van der Waals surface area (Å²) < 4.78 is 5.55. The molecule has 0 saturated carbocycles. The molecule has 0 aliphatic carbocycles. The molecular weight excluding hydrogens is 202 g/mol. The first-order valence-electron chi connectivity index (χ1n) is 5.11. The van der Waals surface area contributed by atoms with E-state index in [1.807, 2.05) is 12.3 Å². The Balaban J connectivity index is 2.20. The molecule has 82 valence electrons. The minimum absolute atomic E-state index is 0.482. The van der Waals surface area contributed by atoms with Crippen molar-refractivity contribution in [3.05, 3.63) is 42.4 Å². The molecule has 4 nitrogen and oxygen atoms in total. The van der Waals surface area contributed by atoms with Crippen LogP contribution in [-0.4, -0.2) is 9.97 Å². The van der Waals surface area contributed by atoms with E-state index in [1.54, 1.807) is 24.5 Å². The molecule has 0 aromatic carbocycles. The van der Waals surface area contributed by atoms with Crippen molar-refractivity contribution >= 4 is 5.69 Å². The molecule has 0 fully saturated rings. The van der Waals surface area contributed by atoms with Crippen LogP contribution in [0, 0.1) is 0 Å². The van der Waals surface area contributed by atoms with Crippen molar-refractivity contribution in [1.82, 2.24) is 9.97 Å². The standard InChI is InChI=1S/C12H13N3O/c1-2-9-5-11(8-14-7-9)16-12-6-10(13)3-4-15-12/h3-8H,2H2,1H3,(H2,13,15). The van der Waals surface area contributed by atoms with Crippen molar-refractivity contribution in [3.63, 3.8) is 0 Å². The fraction of sp³-hybridized carbons (Fsp3) is 0.167. The summed E-state index contributed by atoms with van der Waals surface area (Å²) in [5, 5.41) is 0. The lowest BCUT2D eigenvalue weighted by Gasteiger charge is -2.05. The van der Waals surface area contributed by atoms with E-state index in [4.69, 9.17) is 10.5 Å². The number of aromatic nitrogens is 2. The van der Waals surface area contributed by atoms with Crippen LogP contribution in [0.4, 0.5) is 5.69 Å². The van der Waals surface area contributed by atoms with Crippen LogP contribution < -0.4 is 10.5 Å². The minimum atomic E-state index is 0.482. The van der Waals surface area contributed by atoms with Crippen LogP contribution in [0.15, 0.2) is 36.8 Å². The summed E-state index contributed by atoms with van der Waals surface area (Å²) in [5.74, 6) is 1.16. The van der Waals surface area contributed by atoms with Gasteiger partial charge in [0.15, 0.2) is 0 Å². The zero-order chi connectivity index (χ0) is 11.4. The van der Waals surface area contributed by atoms with Gasteiger partial charge in [-0.2, -0.15) is 0 Å². The molecule has 4 heteroatoms. The lowest BCUT2D eigenvalue weighted by atomic mass is 10.2. The van der Waals surface area contributed by atoms with Gasteiger partial charge in [-0.15, -0.1) is 0 Å². The lowest BCUT2D eigenvalue weighted by Crippen LogP contribution is -1.92. The molecule has 0 unspecified atom stereocenters. The van der Waals surface area contributed by atoms with Crippen molar-refractivity contribution in [2.45, 2.75) is 13.3 Å². The first kappa shape index (κ1) is 10.4. The van der Waals surface area contributed by atoms with E-state index in [2.05, 4.69) is 16.9 Å². The molecule has 0 saturated heterocycles. The number of nitrogens with zero attached hydrogens (tertiary/aromatic N) is 2. The number of hydrogen-bond acceptors (Lipinski definition) is 4. The molecule has 0 radical (unpaired) electrons. The number of aryl methyl sites for hydroxylation is 1. The SMILES string of the molecule is CCc1cncc(Oc2cc(N)ccn2)c1. The van der Waals surface area contributed by atoms with Gasteiger partial charge in [-0.05, 0) is 24.1 Å². The van der Waals surface area contributed by atoms with Gasteiger partial charge in [-0.25, -0.2) is 4.98 Å². The highest BCUT2D eigenvalue weighted by Crippen LogP contribution is 2.20. The number of pyridine rings is 2. The smallest absolute Gasteiger partial charge is 0.221 e. The molecule has 2 aromatic heterocycles. The molecule has 0 amide bonds. The van der Waals surface area contributed by atoms with E-state index in [-0.39, 0.29) is 0 Å². The summed E-state index contributed by atoms with van der Waals surface area (Å²) >= 11 is 0. The zero-order valence-corrected chi connectivity index (χ0v) is 9.05. The Morgan fingerprint density at radius 2 is 2.19 bits per heavy atom. The molecule has 0 atom stereocenters. The maximum atomic E-state index is 5.63. The number of nitrogen functional groups attached to an aromatic ring is 1. The van der Waals surface area contributed by atoms with Gasteiger partial charge in [-0.1, -0.05) is 6.92 Å². The summed E-state index contributed by atoms with van der Waals surface area (Å²) in [6, 6.07) is 5.34. The molecule has 0 bridgehead atoms. The molecule has 16 heavy (non-hydrogen) atoms. The van der Waals surface area contributed by atoms with Gasteiger partial charge < -0.3 is 10.5 Å². The second-order valence-corrected chi connectivity index (χ2v) is 3.41. The van der Waals surface area contributed by atoms with E-state index in [9.17, 15) is 0 Å². The predicted molar refractivity (Wildman–Crippen MR) is 62.3 cm³/mol. The normalized spacial score (nSPS) is 10.1. The highest BCUT2D eigenvalue weighted by molar-refractivity contribution is 5.40. The first-order chi connectivity index (χ1) is 7.78. The fourth-order valence-electron chi connectivity index (χ4n) is 1.31. The fourth-order valence-corrected chi connectivity index (χ4v) is 1.31. The molecule has 2 N–H and O–H groups in total. The van der Waals surface area contributed by atoms with Gasteiger partial charge in [0, 0.05) is 24.1 Å². The van der Waals surface area contributed by atoms with E-state index in [1.165, 1.54) is 0 Å². The Morgan fingerprint density at radius 3 is 2.94 bits per heavy atom. The second kappa shape index (κ2) is 4.61. The molecular formula is C12H13N3O. The quantitative estimate of drug-likeness (QED) is 0.854. The number of nitrogens with two attached hydrogens (primary N) is 1. The first-order valence-corrected chi connectivity index (χ1v) is 5.11. The van der Waals surface area contributed by atoms with Crippen LogP contribution in [0.25, 0.3) is 0 Å². The Hall–Kier alpha value is -2.10. The maximum Gasteiger partial charge on any atom is 0.221 e. The largest absolute Gasteiger partial charge is 0.437 e. The number of hydrogen-bond donors (Lipinski definition) is 1. The molecule has 0 aliphatic rings. The second-order valence-electron chi connectivity index (χ2n) is 3.41. The van der Waals surface area contributed by atoms with Crippen molar-refractivity contribution in [3.8, 4) is 11.6 Å². The van der Waals surface area contributed by atoms with Gasteiger partial charge in [-0.3, -0.25) is 4.98 Å². The third kappa shape index (κ3) is 2.48. The monoisotopic (exact) mass is 215 g/mol. The molecule has 2 rings (SSSR count). The van der Waals surface area contributed by atoms with Gasteiger partial charge in [0.1, 0.15) is 5.75 Å². The summed E-state index contributed by atoms with van der Waals surface area (Å²) in [5.41, 5.74) is 7.39. The average Bonchev–Trinajstić information content (AvgIpc) is 2.29. The lowest BCUT2D eigenvalue weighted by molar-refractivity contribution is 0.460. The van der Waals surface area contributed by atoms with E-state index >= 15 is 0 Å². The van der Waals surface area contributed by atoms with Crippen molar-refractivity contribution < 1.29 is 4.74 Å². The Kier molecular flexibility index (Phi) is 3.00. The number of ether oxygens (including phenoxy) is 1. The summed E-state index contributed by atoms with van der Waals surface area (Å²) in [6.07, 6.45) is 6.01. The van der Waals surface area contributed by atoms with E-state index in [0.717, 1.165) is 12.0 Å². The van der Waals surface area contributed by atoms with Crippen molar-refractivity contribution in [2.24, 2.45) is 0 Å². The number of anilines is 1. The third-order valence-corrected chi connectivity index (χ3v) is 2.16. The van der Waals surface area contributed by atoms with Gasteiger partial charge in [0.05, 0.1) is 6.20 Å². The van der Waals surface area contributed by atoms with Crippen LogP contribution in [0.1, 0.15) is 12.5 Å². The Bertz CT molecular complexity index is 485. The minimum Gasteiger partial charge on any atom is -0.437 e. The summed E-state index contributed by atoms with van der Waals surface area (Å²) in [7, 11) is 0. The van der Waals surface area contributed by atoms with Crippen molar-refractivity contribution in [1.29, 1.82) is 0 Å². The van der Waals surface area contributed by atoms with Gasteiger partial charge in [0.25, 0.3) is 0 Å². The highest BCUT2D eigenvalue weighted by atomic mass is 16.5. The predicted octanol–water partition coefficient (Wildman–Crippen LogP) is 2.41. The summed E-state index contributed by atoms with van der Waals surface area (Å²) in [4.78, 5) is 8.15. The molecule has 0 spiro atoms. The van der Waals surface area contributed by atoms with Crippen LogP contribution in [-0.2, 0) is 6.42 Å². The average molecular weight is 215 g/mol. The van der Waals surface area contributed by atoms with Gasteiger partial charge in [0.2, 0.25) is 5.88 Å². The topological polar surface area (TPSA) is 61.0 Å². The van der Waals surface area contributed by atoms with Crippen LogP contribution in [0.3, 0.4) is 0 Å². The molecule has 2 heterocycles. The summed E-state index contributed by atoms with van der Waals surface area (Å²) in [6.45, 7) is 2.07. The Morgan fingerprint density at radius 1 is 1.31 bits per heavy atom. The Labute approximate surface area is 94.1 Å². The van der Waals surface area contributed by atoms with Crippen LogP contribution >= 0.6 is 0 Å². The molecule has 0 aliphatic heterocycles. The van der Waals surface area contributed by atoms with E-state index < -0.39 is 0 Å². The van der Waals surface area contributed by atoms with Crippen LogP contribution in [0.2, 0.25) is 0 Å². The number of rotatable bonds is 3. The van der Waals surface area contributed by atoms with E-state index in [0.29, 0.717) is 17.3 Å². The highest BCUT2D eigenvalue weighted by Gasteiger charge is 2.00. The molecule has 2 aromatic rings. The third-order valence-electron chi connectivity index (χ3n) is 2.16.